The number of phenolic OH excluding ortho intramolecular Hbond substituents is 1. The number of ether oxygens (including phenoxy) is 1. The maximum atomic E-state index is 12.2. The summed E-state index contributed by atoms with van der Waals surface area (Å²) in [6, 6.07) is 19.3. The van der Waals surface area contributed by atoms with Crippen molar-refractivity contribution >= 4 is 30.1 Å². The molecule has 3 aromatic rings. The lowest BCUT2D eigenvalue weighted by Gasteiger charge is -2.14. The minimum atomic E-state index is -0.478. The molecule has 162 valence electrons. The van der Waals surface area contributed by atoms with Crippen LogP contribution in [0, 0.1) is 0 Å². The average molecular weight is 448 g/mol. The molecule has 32 heavy (non-hydrogen) atoms. The molecular formula is C26H22ClNO4. The largest absolute Gasteiger partial charge is 0.507 e. The van der Waals surface area contributed by atoms with Crippen LogP contribution < -0.4 is 5.32 Å². The zero-order chi connectivity index (χ0) is 22.5. The summed E-state index contributed by atoms with van der Waals surface area (Å²) >= 11 is 5.96. The number of benzene rings is 3. The third-order valence-corrected chi connectivity index (χ3v) is 5.70. The second-order valence-electron chi connectivity index (χ2n) is 7.49. The summed E-state index contributed by atoms with van der Waals surface area (Å²) in [5.41, 5.74) is 5.28. The Morgan fingerprint density at radius 1 is 1.03 bits per heavy atom. The van der Waals surface area contributed by atoms with Gasteiger partial charge >= 0.3 is 6.09 Å². The number of phenols is 1. The topological polar surface area (TPSA) is 75.6 Å². The monoisotopic (exact) mass is 447 g/mol. The van der Waals surface area contributed by atoms with Gasteiger partial charge < -0.3 is 15.2 Å². The van der Waals surface area contributed by atoms with Gasteiger partial charge in [0.05, 0.1) is 5.56 Å². The molecule has 2 N–H and O–H groups in total. The molecule has 5 nitrogen and oxygen atoms in total. The highest BCUT2D eigenvalue weighted by molar-refractivity contribution is 6.31. The number of fused-ring (bicyclic) bond motifs is 3. The van der Waals surface area contributed by atoms with Crippen molar-refractivity contribution in [2.24, 2.45) is 0 Å². The van der Waals surface area contributed by atoms with E-state index in [1.54, 1.807) is 18.2 Å². The molecule has 0 fully saturated rings. The Hall–Kier alpha value is -3.57. The van der Waals surface area contributed by atoms with Crippen LogP contribution >= 0.6 is 11.6 Å². The Labute approximate surface area is 191 Å². The van der Waals surface area contributed by atoms with Gasteiger partial charge in [-0.25, -0.2) is 4.79 Å². The number of amides is 1. The third-order valence-electron chi connectivity index (χ3n) is 5.48. The Balaban J connectivity index is 1.29. The maximum Gasteiger partial charge on any atom is 0.407 e. The molecule has 0 spiro atoms. The normalized spacial score (nSPS) is 12.4. The Morgan fingerprint density at radius 2 is 1.66 bits per heavy atom. The molecular weight excluding hydrogens is 426 g/mol. The number of hydrogen-bond acceptors (Lipinski definition) is 4. The maximum absolute atomic E-state index is 12.2. The van der Waals surface area contributed by atoms with E-state index in [1.165, 1.54) is 28.3 Å². The Morgan fingerprint density at radius 3 is 2.31 bits per heavy atom. The zero-order valence-electron chi connectivity index (χ0n) is 17.3. The van der Waals surface area contributed by atoms with Crippen molar-refractivity contribution in [3.05, 3.63) is 94.0 Å². The second-order valence-corrected chi connectivity index (χ2v) is 7.93. The van der Waals surface area contributed by atoms with Crippen LogP contribution in [0.4, 0.5) is 4.79 Å². The molecule has 0 bridgehead atoms. The summed E-state index contributed by atoms with van der Waals surface area (Å²) in [4.78, 5) is 23.2. The number of aldehydes is 1. The average Bonchev–Trinajstić information content (AvgIpc) is 3.13. The molecule has 0 radical (unpaired) electrons. The van der Waals surface area contributed by atoms with E-state index in [9.17, 15) is 14.7 Å². The third kappa shape index (κ3) is 4.53. The van der Waals surface area contributed by atoms with Gasteiger partial charge in [-0.3, -0.25) is 4.79 Å². The summed E-state index contributed by atoms with van der Waals surface area (Å²) in [7, 11) is 0. The number of carbonyl (C=O) groups excluding carboxylic acids is 2. The molecule has 1 amide bonds. The van der Waals surface area contributed by atoms with E-state index in [1.807, 2.05) is 24.3 Å². The summed E-state index contributed by atoms with van der Waals surface area (Å²) in [5, 5.41) is 13.1. The summed E-state index contributed by atoms with van der Waals surface area (Å²) in [6.07, 6.45) is 4.04. The molecule has 3 aromatic carbocycles. The fourth-order valence-electron chi connectivity index (χ4n) is 3.98. The minimum absolute atomic E-state index is 0.0193. The predicted octanol–water partition coefficient (Wildman–Crippen LogP) is 5.80. The molecule has 0 aromatic heterocycles. The van der Waals surface area contributed by atoms with Crippen LogP contribution in [-0.2, 0) is 4.74 Å². The number of carbonyl (C=O) groups is 2. The summed E-state index contributed by atoms with van der Waals surface area (Å²) in [6.45, 7) is 0.635. The van der Waals surface area contributed by atoms with Gasteiger partial charge in [0.2, 0.25) is 0 Å². The molecule has 0 heterocycles. The van der Waals surface area contributed by atoms with Gasteiger partial charge in [-0.15, -0.1) is 0 Å². The fourth-order valence-corrected chi connectivity index (χ4v) is 4.21. The van der Waals surface area contributed by atoms with Crippen LogP contribution in [0.1, 0.15) is 39.4 Å². The molecule has 0 aliphatic heterocycles. The lowest BCUT2D eigenvalue weighted by Crippen LogP contribution is -2.26. The van der Waals surface area contributed by atoms with E-state index < -0.39 is 6.09 Å². The van der Waals surface area contributed by atoms with Crippen LogP contribution in [0.25, 0.3) is 17.2 Å². The number of halogens is 1. The first kappa shape index (κ1) is 21.7. The summed E-state index contributed by atoms with van der Waals surface area (Å²) in [5.74, 6) is -0.101. The van der Waals surface area contributed by atoms with E-state index in [2.05, 4.69) is 29.6 Å². The standard InChI is InChI=1S/C26H22ClNO4/c27-19-13-17(25(30)18(14-19)15-29)7-5-6-12-28-26(31)32-16-24-22-10-3-1-8-20(22)21-9-2-4-11-23(21)24/h1-5,7-11,13-15,24,30H,6,12,16H2,(H,28,31). The second kappa shape index (κ2) is 9.71. The molecule has 1 aliphatic carbocycles. The molecule has 0 saturated carbocycles. The highest BCUT2D eigenvalue weighted by Gasteiger charge is 2.28. The molecule has 4 rings (SSSR count). The number of rotatable bonds is 7. The zero-order valence-corrected chi connectivity index (χ0v) is 18.0. The number of aromatic hydroxyl groups is 1. The van der Waals surface area contributed by atoms with Crippen LogP contribution in [0.2, 0.25) is 5.02 Å². The van der Waals surface area contributed by atoms with Crippen molar-refractivity contribution in [1.29, 1.82) is 0 Å². The van der Waals surface area contributed by atoms with Crippen LogP contribution in [0.3, 0.4) is 0 Å². The quantitative estimate of drug-likeness (QED) is 0.354. The van der Waals surface area contributed by atoms with Crippen LogP contribution in [-0.4, -0.2) is 30.6 Å². The number of nitrogens with one attached hydrogen (secondary N) is 1. The van der Waals surface area contributed by atoms with Gasteiger partial charge in [0.15, 0.2) is 6.29 Å². The number of alkyl carbamates (subject to hydrolysis) is 1. The lowest BCUT2D eigenvalue weighted by atomic mass is 9.98. The van der Waals surface area contributed by atoms with Crippen molar-refractivity contribution < 1.29 is 19.4 Å². The van der Waals surface area contributed by atoms with Gasteiger partial charge in [-0.2, -0.15) is 0 Å². The van der Waals surface area contributed by atoms with E-state index in [0.29, 0.717) is 29.8 Å². The first-order valence-electron chi connectivity index (χ1n) is 10.3. The lowest BCUT2D eigenvalue weighted by molar-refractivity contribution is 0.112. The Bertz CT molecular complexity index is 1140. The molecule has 1 aliphatic rings. The number of hydrogen-bond donors (Lipinski definition) is 2. The van der Waals surface area contributed by atoms with Crippen molar-refractivity contribution in [1.82, 2.24) is 5.32 Å². The molecule has 0 unspecified atom stereocenters. The van der Waals surface area contributed by atoms with Gasteiger partial charge in [0.1, 0.15) is 12.4 Å². The van der Waals surface area contributed by atoms with Crippen molar-refractivity contribution in [3.63, 3.8) is 0 Å². The summed E-state index contributed by atoms with van der Waals surface area (Å²) < 4.78 is 5.50. The highest BCUT2D eigenvalue weighted by Crippen LogP contribution is 2.44. The Kier molecular flexibility index (Phi) is 6.57. The van der Waals surface area contributed by atoms with E-state index in [4.69, 9.17) is 16.3 Å². The first-order chi connectivity index (χ1) is 15.6. The predicted molar refractivity (Wildman–Crippen MR) is 125 cm³/mol. The minimum Gasteiger partial charge on any atom is -0.507 e. The van der Waals surface area contributed by atoms with Crippen LogP contribution in [0.5, 0.6) is 5.75 Å². The van der Waals surface area contributed by atoms with E-state index in [-0.39, 0.29) is 23.8 Å². The van der Waals surface area contributed by atoms with Crippen molar-refractivity contribution in [3.8, 4) is 16.9 Å². The van der Waals surface area contributed by atoms with Crippen molar-refractivity contribution in [2.45, 2.75) is 12.3 Å². The van der Waals surface area contributed by atoms with Crippen molar-refractivity contribution in [2.75, 3.05) is 13.2 Å². The van der Waals surface area contributed by atoms with E-state index in [0.717, 1.165) is 0 Å². The van der Waals surface area contributed by atoms with Crippen LogP contribution in [0.15, 0.2) is 66.7 Å². The van der Waals surface area contributed by atoms with Gasteiger partial charge in [-0.05, 0) is 40.8 Å². The molecule has 6 heteroatoms. The fraction of sp³-hybridized carbons (Fsp3) is 0.154. The van der Waals surface area contributed by atoms with Gasteiger partial charge in [0.25, 0.3) is 0 Å². The smallest absolute Gasteiger partial charge is 0.407 e. The first-order valence-corrected chi connectivity index (χ1v) is 10.7. The van der Waals surface area contributed by atoms with Gasteiger partial charge in [-0.1, -0.05) is 72.3 Å². The SMILES string of the molecule is O=Cc1cc(Cl)cc(C=CCCNC(=O)OCC2c3ccccc3-c3ccccc32)c1O. The van der Waals surface area contributed by atoms with Gasteiger partial charge in [0, 0.05) is 23.0 Å². The molecule has 0 saturated heterocycles. The van der Waals surface area contributed by atoms with E-state index >= 15 is 0 Å². The molecule has 0 atom stereocenters. The highest BCUT2D eigenvalue weighted by atomic mass is 35.5.